The van der Waals surface area contributed by atoms with Crippen molar-refractivity contribution in [2.45, 2.75) is 0 Å². The summed E-state index contributed by atoms with van der Waals surface area (Å²) in [4.78, 5) is 0. The molecule has 42 valence electrons. The number of hydrogen-bond donors (Lipinski definition) is 1. The van der Waals surface area contributed by atoms with Gasteiger partial charge in [0.05, 0.1) is 0 Å². The number of fused-ring (bicyclic) bond motifs is 4. The van der Waals surface area contributed by atoms with Crippen LogP contribution in [-0.4, -0.2) is 5.11 Å². The van der Waals surface area contributed by atoms with E-state index in [2.05, 4.69) is 6.07 Å². The lowest BCUT2D eigenvalue weighted by Crippen LogP contribution is -1.90. The normalized spacial score (nSPS) is 12.9. The van der Waals surface area contributed by atoms with Crippen molar-refractivity contribution in [1.82, 2.24) is 0 Å². The molecule has 3 aromatic carbocycles. The quantitative estimate of drug-likeness (QED) is 0.476. The lowest BCUT2D eigenvalue weighted by molar-refractivity contribution is 0.480. The lowest BCUT2D eigenvalue weighted by atomic mass is 9.86. The van der Waals surface area contributed by atoms with E-state index in [1.54, 1.807) is 0 Å². The first-order chi connectivity index (χ1) is 4.38. The smallest absolute Gasteiger partial charge is 0.124 e. The van der Waals surface area contributed by atoms with Crippen LogP contribution in [0, 0.1) is 0 Å². The Morgan fingerprint density at radius 3 is 2.11 bits per heavy atom. The summed E-state index contributed by atoms with van der Waals surface area (Å²) < 4.78 is 0. The van der Waals surface area contributed by atoms with Crippen LogP contribution >= 0.6 is 0 Å². The van der Waals surface area contributed by atoms with Gasteiger partial charge in [-0.05, 0) is 22.2 Å². The summed E-state index contributed by atoms with van der Waals surface area (Å²) in [6.45, 7) is 0. The van der Waals surface area contributed by atoms with Crippen molar-refractivity contribution in [3.05, 3.63) is 18.2 Å². The van der Waals surface area contributed by atoms with Crippen LogP contribution in [0.25, 0.3) is 21.5 Å². The molecule has 9 heavy (non-hydrogen) atoms. The zero-order valence-electron chi connectivity index (χ0n) is 4.68. The van der Waals surface area contributed by atoms with Gasteiger partial charge in [-0.2, -0.15) is 0 Å². The largest absolute Gasteiger partial charge is 0.507 e. The summed E-state index contributed by atoms with van der Waals surface area (Å²) in [6.07, 6.45) is 0. The molecule has 3 rings (SSSR count). The molecule has 0 heterocycles. The standard InChI is InChI=1S/C8H4O/c9-7-3-6-4-1-2-5(4)8(6)7/h1-3,9H. The van der Waals surface area contributed by atoms with Gasteiger partial charge in [-0.25, -0.2) is 0 Å². The maximum atomic E-state index is 9.00. The molecule has 3 aromatic rings. The zero-order chi connectivity index (χ0) is 6.01. The summed E-state index contributed by atoms with van der Waals surface area (Å²) in [6, 6.07) is 5.94. The van der Waals surface area contributed by atoms with E-state index >= 15 is 0 Å². The number of benzene rings is 2. The molecule has 0 aromatic heterocycles. The van der Waals surface area contributed by atoms with Crippen LogP contribution in [0.2, 0.25) is 0 Å². The Bertz CT molecular complexity index is 414. The minimum absolute atomic E-state index is 0.466. The van der Waals surface area contributed by atoms with Gasteiger partial charge in [-0.15, -0.1) is 0 Å². The highest BCUT2D eigenvalue weighted by Crippen LogP contribution is 2.47. The topological polar surface area (TPSA) is 20.2 Å². The molecule has 0 saturated heterocycles. The maximum Gasteiger partial charge on any atom is 0.124 e. The van der Waals surface area contributed by atoms with Gasteiger partial charge in [0.1, 0.15) is 5.75 Å². The van der Waals surface area contributed by atoms with E-state index in [1.807, 2.05) is 12.1 Å². The number of hydrogen-bond acceptors (Lipinski definition) is 1. The van der Waals surface area contributed by atoms with E-state index in [9.17, 15) is 0 Å². The van der Waals surface area contributed by atoms with Gasteiger partial charge in [0, 0.05) is 5.39 Å². The Hall–Kier alpha value is -1.24. The first kappa shape index (κ1) is 3.72. The predicted molar refractivity (Wildman–Crippen MR) is 36.7 cm³/mol. The van der Waals surface area contributed by atoms with Crippen LogP contribution in [0.1, 0.15) is 0 Å². The highest BCUT2D eigenvalue weighted by molar-refractivity contribution is 6.33. The van der Waals surface area contributed by atoms with E-state index in [0.29, 0.717) is 5.75 Å². The summed E-state index contributed by atoms with van der Waals surface area (Å²) in [5.74, 6) is 0.466. The van der Waals surface area contributed by atoms with E-state index in [-0.39, 0.29) is 0 Å². The van der Waals surface area contributed by atoms with E-state index in [0.717, 1.165) is 5.39 Å². The van der Waals surface area contributed by atoms with Gasteiger partial charge in [-0.1, -0.05) is 12.1 Å². The van der Waals surface area contributed by atoms with E-state index in [4.69, 9.17) is 5.11 Å². The van der Waals surface area contributed by atoms with Gasteiger partial charge < -0.3 is 5.11 Å². The minimum Gasteiger partial charge on any atom is -0.507 e. The maximum absolute atomic E-state index is 9.00. The molecule has 0 amide bonds. The molecule has 0 aliphatic carbocycles. The minimum atomic E-state index is 0.466. The molecular formula is C8H4O. The Balaban J connectivity index is 2.63. The second kappa shape index (κ2) is 0.798. The first-order valence-electron chi connectivity index (χ1n) is 2.96. The zero-order valence-corrected chi connectivity index (χ0v) is 4.68. The van der Waals surface area contributed by atoms with Crippen molar-refractivity contribution in [2.75, 3.05) is 0 Å². The average molecular weight is 116 g/mol. The summed E-state index contributed by atoms with van der Waals surface area (Å²) in [5, 5.41) is 13.9. The van der Waals surface area contributed by atoms with E-state index in [1.165, 1.54) is 16.2 Å². The average Bonchev–Trinajstić information content (AvgIpc) is 1.79. The Morgan fingerprint density at radius 2 is 1.78 bits per heavy atom. The molecule has 0 unspecified atom stereocenters. The molecule has 0 fully saturated rings. The van der Waals surface area contributed by atoms with Gasteiger partial charge >= 0.3 is 0 Å². The highest BCUT2D eigenvalue weighted by atomic mass is 16.3. The van der Waals surface area contributed by atoms with Gasteiger partial charge in [0.15, 0.2) is 0 Å². The van der Waals surface area contributed by atoms with Crippen molar-refractivity contribution in [2.24, 2.45) is 0 Å². The Morgan fingerprint density at radius 1 is 1.00 bits per heavy atom. The second-order valence-corrected chi connectivity index (χ2v) is 2.48. The summed E-state index contributed by atoms with van der Waals surface area (Å²) in [5.41, 5.74) is 0. The SMILES string of the molecule is Oc1cc2c3ccc3c12. The fourth-order valence-corrected chi connectivity index (χ4v) is 1.48. The van der Waals surface area contributed by atoms with Crippen LogP contribution in [0.15, 0.2) is 18.2 Å². The molecule has 0 bridgehead atoms. The van der Waals surface area contributed by atoms with Gasteiger partial charge in [0.25, 0.3) is 0 Å². The second-order valence-electron chi connectivity index (χ2n) is 2.48. The fraction of sp³-hybridized carbons (Fsp3) is 0. The number of phenolic OH excluding ortho intramolecular Hbond substituents is 1. The molecule has 0 aliphatic heterocycles. The molecule has 0 aliphatic rings. The molecule has 0 atom stereocenters. The van der Waals surface area contributed by atoms with Gasteiger partial charge in [0.2, 0.25) is 0 Å². The molecule has 0 radical (unpaired) electrons. The van der Waals surface area contributed by atoms with Crippen molar-refractivity contribution < 1.29 is 5.11 Å². The predicted octanol–water partition coefficient (Wildman–Crippen LogP) is 2.01. The Labute approximate surface area is 51.5 Å². The van der Waals surface area contributed by atoms with Crippen LogP contribution < -0.4 is 0 Å². The molecule has 1 nitrogen and oxygen atoms in total. The third-order valence-corrected chi connectivity index (χ3v) is 2.07. The van der Waals surface area contributed by atoms with Crippen LogP contribution in [0.4, 0.5) is 0 Å². The molecule has 0 saturated carbocycles. The third kappa shape index (κ3) is 0.199. The molecule has 1 heteroatoms. The van der Waals surface area contributed by atoms with Crippen molar-refractivity contribution in [3.63, 3.8) is 0 Å². The Kier molecular flexibility index (Phi) is 0.330. The van der Waals surface area contributed by atoms with Crippen LogP contribution in [-0.2, 0) is 0 Å². The molecule has 1 N–H and O–H groups in total. The first-order valence-corrected chi connectivity index (χ1v) is 2.96. The monoisotopic (exact) mass is 116 g/mol. The molecular weight excluding hydrogens is 112 g/mol. The summed E-state index contributed by atoms with van der Waals surface area (Å²) in [7, 11) is 0. The number of aromatic hydroxyl groups is 1. The lowest BCUT2D eigenvalue weighted by Gasteiger charge is -2.18. The van der Waals surface area contributed by atoms with E-state index < -0.39 is 0 Å². The van der Waals surface area contributed by atoms with Crippen molar-refractivity contribution >= 4 is 21.5 Å². The summed E-state index contributed by atoms with van der Waals surface area (Å²) >= 11 is 0. The van der Waals surface area contributed by atoms with Crippen molar-refractivity contribution in [1.29, 1.82) is 0 Å². The van der Waals surface area contributed by atoms with Crippen molar-refractivity contribution in [3.8, 4) is 5.75 Å². The fourth-order valence-electron chi connectivity index (χ4n) is 1.48. The third-order valence-electron chi connectivity index (χ3n) is 2.07. The highest BCUT2D eigenvalue weighted by Gasteiger charge is 2.18. The van der Waals surface area contributed by atoms with Gasteiger partial charge in [-0.3, -0.25) is 0 Å². The molecule has 0 spiro atoms. The van der Waals surface area contributed by atoms with Crippen LogP contribution in [0.5, 0.6) is 5.75 Å². The van der Waals surface area contributed by atoms with Crippen LogP contribution in [0.3, 0.4) is 0 Å². The number of rotatable bonds is 0. The number of phenols is 1.